The summed E-state index contributed by atoms with van der Waals surface area (Å²) in [5.74, 6) is -0.720. The van der Waals surface area contributed by atoms with E-state index in [1.807, 2.05) is 30.3 Å². The first-order valence-corrected chi connectivity index (χ1v) is 5.35. The maximum absolute atomic E-state index is 10.1. The molecule has 4 nitrogen and oxygen atoms in total. The maximum atomic E-state index is 10.1. The average Bonchev–Trinajstić information content (AvgIpc) is 2.85. The molecule has 1 aliphatic heterocycles. The number of carbonyl (C=O) groups is 1. The van der Waals surface area contributed by atoms with Crippen molar-refractivity contribution in [2.45, 2.75) is 25.5 Å². The highest BCUT2D eigenvalue weighted by atomic mass is 16.4. The molecule has 2 rings (SSSR count). The summed E-state index contributed by atoms with van der Waals surface area (Å²) in [5.41, 5.74) is 0.965. The molecule has 1 heterocycles. The zero-order valence-corrected chi connectivity index (χ0v) is 9.10. The van der Waals surface area contributed by atoms with E-state index in [-0.39, 0.29) is 12.6 Å². The fourth-order valence-electron chi connectivity index (χ4n) is 1.48. The van der Waals surface area contributed by atoms with Gasteiger partial charge >= 0.3 is 5.97 Å². The van der Waals surface area contributed by atoms with E-state index >= 15 is 0 Å². The monoisotopic (exact) mass is 223 g/mol. The molecule has 0 spiro atoms. The van der Waals surface area contributed by atoms with E-state index in [4.69, 9.17) is 10.2 Å². The highest BCUT2D eigenvalue weighted by Crippen LogP contribution is 2.03. The minimum atomic E-state index is -0.720. The van der Waals surface area contributed by atoms with Crippen LogP contribution in [0.5, 0.6) is 0 Å². The lowest BCUT2D eigenvalue weighted by Gasteiger charge is -1.99. The second kappa shape index (κ2) is 6.98. The van der Waals surface area contributed by atoms with Gasteiger partial charge in [-0.25, -0.2) is 0 Å². The normalized spacial score (nSPS) is 18.7. The number of carboxylic acid groups (broad SMARTS) is 1. The summed E-state index contributed by atoms with van der Waals surface area (Å²) < 4.78 is 0. The van der Waals surface area contributed by atoms with Crippen LogP contribution in [-0.4, -0.2) is 28.8 Å². The van der Waals surface area contributed by atoms with Gasteiger partial charge in [-0.1, -0.05) is 30.3 Å². The molecule has 0 aliphatic carbocycles. The Morgan fingerprint density at radius 2 is 2.06 bits per heavy atom. The van der Waals surface area contributed by atoms with E-state index in [9.17, 15) is 4.79 Å². The summed E-state index contributed by atoms with van der Waals surface area (Å²) in [6, 6.07) is 9.26. The molecule has 1 unspecified atom stereocenters. The van der Waals surface area contributed by atoms with Crippen LogP contribution in [0.1, 0.15) is 18.4 Å². The first-order valence-electron chi connectivity index (χ1n) is 5.35. The van der Waals surface area contributed by atoms with Crippen LogP contribution in [0.3, 0.4) is 0 Å². The van der Waals surface area contributed by atoms with Crippen LogP contribution in [0.2, 0.25) is 0 Å². The Balaban J connectivity index is 0.000000160. The summed E-state index contributed by atoms with van der Waals surface area (Å²) in [7, 11) is 0. The lowest BCUT2D eigenvalue weighted by atomic mass is 10.2. The van der Waals surface area contributed by atoms with Gasteiger partial charge in [0.15, 0.2) is 0 Å². The van der Waals surface area contributed by atoms with Gasteiger partial charge in [-0.05, 0) is 24.9 Å². The second-order valence-electron chi connectivity index (χ2n) is 3.63. The van der Waals surface area contributed by atoms with Crippen LogP contribution in [0, 0.1) is 0 Å². The molecule has 0 bridgehead atoms. The van der Waals surface area contributed by atoms with Crippen molar-refractivity contribution in [1.82, 2.24) is 5.32 Å². The van der Waals surface area contributed by atoms with E-state index < -0.39 is 5.97 Å². The first kappa shape index (κ1) is 12.7. The Morgan fingerprint density at radius 1 is 1.38 bits per heavy atom. The molecule has 16 heavy (non-hydrogen) atoms. The first-order chi connectivity index (χ1) is 7.74. The Labute approximate surface area is 94.9 Å². The molecule has 4 heteroatoms. The van der Waals surface area contributed by atoms with Crippen molar-refractivity contribution in [3.63, 3.8) is 0 Å². The number of hydrogen-bond acceptors (Lipinski definition) is 3. The molecule has 1 fully saturated rings. The molecule has 1 aromatic carbocycles. The molecule has 88 valence electrons. The highest BCUT2D eigenvalue weighted by molar-refractivity contribution is 5.73. The maximum Gasteiger partial charge on any atom is 0.320 e. The van der Waals surface area contributed by atoms with Crippen LogP contribution >= 0.6 is 0 Å². The van der Waals surface area contributed by atoms with Gasteiger partial charge in [-0.2, -0.15) is 0 Å². The number of rotatable bonds is 2. The van der Waals surface area contributed by atoms with Crippen LogP contribution in [-0.2, 0) is 11.4 Å². The minimum Gasteiger partial charge on any atom is -0.480 e. The lowest BCUT2D eigenvalue weighted by molar-refractivity contribution is -0.139. The summed E-state index contributed by atoms with van der Waals surface area (Å²) in [5, 5.41) is 19.7. The van der Waals surface area contributed by atoms with Gasteiger partial charge < -0.3 is 15.5 Å². The van der Waals surface area contributed by atoms with Crippen LogP contribution in [0.15, 0.2) is 30.3 Å². The van der Waals surface area contributed by atoms with Gasteiger partial charge in [0, 0.05) is 0 Å². The quantitative estimate of drug-likeness (QED) is 0.699. The van der Waals surface area contributed by atoms with E-state index in [1.54, 1.807) is 0 Å². The number of benzene rings is 1. The predicted octanol–water partition coefficient (Wildman–Crippen LogP) is 1.00. The predicted molar refractivity (Wildman–Crippen MR) is 61.0 cm³/mol. The van der Waals surface area contributed by atoms with Gasteiger partial charge in [-0.3, -0.25) is 4.79 Å². The topological polar surface area (TPSA) is 69.6 Å². The molecular weight excluding hydrogens is 206 g/mol. The lowest BCUT2D eigenvalue weighted by Crippen LogP contribution is -2.29. The Hall–Kier alpha value is -1.39. The summed E-state index contributed by atoms with van der Waals surface area (Å²) in [6.45, 7) is 0.998. The van der Waals surface area contributed by atoms with Crippen LogP contribution < -0.4 is 5.32 Å². The number of nitrogens with one attached hydrogen (secondary N) is 1. The van der Waals surface area contributed by atoms with Crippen molar-refractivity contribution in [2.24, 2.45) is 0 Å². The molecule has 1 atom stereocenters. The zero-order chi connectivity index (χ0) is 11.8. The van der Waals surface area contributed by atoms with E-state index in [2.05, 4.69) is 5.32 Å². The molecule has 0 amide bonds. The molecule has 0 saturated carbocycles. The Kier molecular flexibility index (Phi) is 5.53. The molecular formula is C12H17NO3. The van der Waals surface area contributed by atoms with Crippen molar-refractivity contribution in [3.05, 3.63) is 35.9 Å². The molecule has 1 aliphatic rings. The van der Waals surface area contributed by atoms with Crippen molar-refractivity contribution in [3.8, 4) is 0 Å². The Morgan fingerprint density at radius 3 is 2.38 bits per heavy atom. The summed E-state index contributed by atoms with van der Waals surface area (Å²) in [4.78, 5) is 10.1. The third kappa shape index (κ3) is 4.42. The van der Waals surface area contributed by atoms with Crippen molar-refractivity contribution in [1.29, 1.82) is 0 Å². The third-order valence-corrected chi connectivity index (χ3v) is 2.38. The number of aliphatic carboxylic acids is 1. The number of aliphatic hydroxyl groups is 1. The molecule has 1 aromatic rings. The van der Waals surface area contributed by atoms with Gasteiger partial charge in [0.2, 0.25) is 0 Å². The van der Waals surface area contributed by atoms with Crippen molar-refractivity contribution in [2.75, 3.05) is 6.54 Å². The third-order valence-electron chi connectivity index (χ3n) is 2.38. The zero-order valence-electron chi connectivity index (χ0n) is 9.10. The van der Waals surface area contributed by atoms with Crippen molar-refractivity contribution < 1.29 is 15.0 Å². The summed E-state index contributed by atoms with van der Waals surface area (Å²) >= 11 is 0. The SMILES string of the molecule is O=C(O)C1CCCN1.OCc1ccccc1. The number of aliphatic hydroxyl groups excluding tert-OH is 1. The number of hydrogen-bond donors (Lipinski definition) is 3. The van der Waals surface area contributed by atoms with Gasteiger partial charge in [0.25, 0.3) is 0 Å². The second-order valence-corrected chi connectivity index (χ2v) is 3.63. The standard InChI is InChI=1S/C7H8O.C5H9NO2/c8-6-7-4-2-1-3-5-7;7-5(8)4-2-1-3-6-4/h1-5,8H,6H2;4,6H,1-3H2,(H,7,8). The van der Waals surface area contributed by atoms with E-state index in [1.165, 1.54) is 0 Å². The Bertz CT molecular complexity index is 307. The van der Waals surface area contributed by atoms with E-state index in [0.717, 1.165) is 24.9 Å². The molecule has 3 N–H and O–H groups in total. The van der Waals surface area contributed by atoms with Gasteiger partial charge in [-0.15, -0.1) is 0 Å². The largest absolute Gasteiger partial charge is 0.480 e. The summed E-state index contributed by atoms with van der Waals surface area (Å²) in [6.07, 6.45) is 1.78. The fraction of sp³-hybridized carbons (Fsp3) is 0.417. The highest BCUT2D eigenvalue weighted by Gasteiger charge is 2.20. The molecule has 1 saturated heterocycles. The van der Waals surface area contributed by atoms with Crippen LogP contribution in [0.4, 0.5) is 0 Å². The molecule has 0 radical (unpaired) electrons. The smallest absolute Gasteiger partial charge is 0.320 e. The minimum absolute atomic E-state index is 0.140. The number of carboxylic acids is 1. The van der Waals surface area contributed by atoms with Gasteiger partial charge in [0.1, 0.15) is 6.04 Å². The van der Waals surface area contributed by atoms with Crippen LogP contribution in [0.25, 0.3) is 0 Å². The fourth-order valence-corrected chi connectivity index (χ4v) is 1.48. The van der Waals surface area contributed by atoms with E-state index in [0.29, 0.717) is 0 Å². The van der Waals surface area contributed by atoms with Crippen molar-refractivity contribution >= 4 is 5.97 Å². The average molecular weight is 223 g/mol. The van der Waals surface area contributed by atoms with Gasteiger partial charge in [0.05, 0.1) is 6.61 Å². The molecule has 0 aromatic heterocycles.